The lowest BCUT2D eigenvalue weighted by Crippen LogP contribution is -2.05. The van der Waals surface area contributed by atoms with Gasteiger partial charge in [0.15, 0.2) is 0 Å². The fraction of sp³-hybridized carbons (Fsp3) is 0.833. The van der Waals surface area contributed by atoms with Crippen molar-refractivity contribution < 1.29 is 9.53 Å². The molecule has 0 aromatic rings. The summed E-state index contributed by atoms with van der Waals surface area (Å²) in [6.45, 7) is 6.54. The zero-order valence-electron chi connectivity index (χ0n) is 13.5. The lowest BCUT2D eigenvalue weighted by atomic mass is 10.1. The Kier molecular flexibility index (Phi) is 15.6. The van der Waals surface area contributed by atoms with Crippen molar-refractivity contribution in [2.45, 2.75) is 90.4 Å². The highest BCUT2D eigenvalue weighted by atomic mass is 16.5. The number of rotatable bonds is 15. The fourth-order valence-electron chi connectivity index (χ4n) is 2.23. The van der Waals surface area contributed by atoms with Gasteiger partial charge in [-0.3, -0.25) is 4.79 Å². The van der Waals surface area contributed by atoms with Gasteiger partial charge in [-0.1, -0.05) is 64.4 Å². The third-order valence-corrected chi connectivity index (χ3v) is 3.55. The zero-order chi connectivity index (χ0) is 14.9. The van der Waals surface area contributed by atoms with Gasteiger partial charge >= 0.3 is 5.97 Å². The summed E-state index contributed by atoms with van der Waals surface area (Å²) in [6, 6.07) is 0. The van der Waals surface area contributed by atoms with Gasteiger partial charge in [-0.25, -0.2) is 0 Å². The molecule has 0 aromatic carbocycles. The van der Waals surface area contributed by atoms with Crippen LogP contribution >= 0.6 is 0 Å². The van der Waals surface area contributed by atoms with Crippen molar-refractivity contribution in [3.05, 3.63) is 12.7 Å². The third-order valence-electron chi connectivity index (χ3n) is 3.55. The average molecular weight is 282 g/mol. The molecule has 0 saturated carbocycles. The number of ether oxygens (including phenoxy) is 1. The summed E-state index contributed by atoms with van der Waals surface area (Å²) < 4.78 is 5.24. The summed E-state index contributed by atoms with van der Waals surface area (Å²) in [6.07, 6.45) is 16.9. The minimum atomic E-state index is -0.00696. The van der Waals surface area contributed by atoms with Crippen LogP contribution in [0.5, 0.6) is 0 Å². The Morgan fingerprint density at radius 2 is 1.50 bits per heavy atom. The first-order valence-corrected chi connectivity index (χ1v) is 8.57. The van der Waals surface area contributed by atoms with Gasteiger partial charge in [-0.15, -0.1) is 6.58 Å². The van der Waals surface area contributed by atoms with Gasteiger partial charge in [-0.05, 0) is 25.7 Å². The number of unbranched alkanes of at least 4 members (excludes halogenated alkanes) is 10. The highest BCUT2D eigenvalue weighted by Gasteiger charge is 2.02. The molecule has 0 rings (SSSR count). The van der Waals surface area contributed by atoms with Gasteiger partial charge in [0, 0.05) is 6.42 Å². The van der Waals surface area contributed by atoms with Crippen molar-refractivity contribution in [3.8, 4) is 0 Å². The molecule has 0 aliphatic rings. The predicted molar refractivity (Wildman–Crippen MR) is 86.9 cm³/mol. The van der Waals surface area contributed by atoms with E-state index in [1.165, 1.54) is 51.4 Å². The lowest BCUT2D eigenvalue weighted by molar-refractivity contribution is -0.143. The van der Waals surface area contributed by atoms with Crippen molar-refractivity contribution in [1.29, 1.82) is 0 Å². The molecule has 0 N–H and O–H groups in total. The van der Waals surface area contributed by atoms with E-state index >= 15 is 0 Å². The van der Waals surface area contributed by atoms with Gasteiger partial charge in [0.05, 0.1) is 6.61 Å². The number of hydrogen-bond acceptors (Lipinski definition) is 2. The zero-order valence-corrected chi connectivity index (χ0v) is 13.5. The van der Waals surface area contributed by atoms with Gasteiger partial charge in [0.25, 0.3) is 0 Å². The number of carbonyl (C=O) groups is 1. The van der Waals surface area contributed by atoms with Crippen LogP contribution in [0.4, 0.5) is 0 Å². The van der Waals surface area contributed by atoms with Crippen LogP contribution < -0.4 is 0 Å². The standard InChI is InChI=1S/C18H34O2/c1-3-5-7-9-10-11-13-15-17-20-18(19)16-14-12-8-6-4-2/h3H,1,4-17H2,2H3. The maximum atomic E-state index is 11.5. The minimum Gasteiger partial charge on any atom is -0.466 e. The fourth-order valence-corrected chi connectivity index (χ4v) is 2.23. The number of carbonyl (C=O) groups excluding carboxylic acids is 1. The molecule has 0 aliphatic carbocycles. The van der Waals surface area contributed by atoms with E-state index in [0.717, 1.165) is 25.7 Å². The molecule has 2 heteroatoms. The first-order chi connectivity index (χ1) is 9.81. The average Bonchev–Trinajstić information content (AvgIpc) is 2.45. The van der Waals surface area contributed by atoms with E-state index in [2.05, 4.69) is 13.5 Å². The molecule has 0 atom stereocenters. The van der Waals surface area contributed by atoms with E-state index in [-0.39, 0.29) is 5.97 Å². The molecular formula is C18H34O2. The monoisotopic (exact) mass is 282 g/mol. The molecular weight excluding hydrogens is 248 g/mol. The predicted octanol–water partition coefficient (Wildman–Crippen LogP) is 5.81. The first kappa shape index (κ1) is 19.2. The third kappa shape index (κ3) is 15.3. The van der Waals surface area contributed by atoms with Crippen molar-refractivity contribution >= 4 is 5.97 Å². The van der Waals surface area contributed by atoms with Gasteiger partial charge in [-0.2, -0.15) is 0 Å². The van der Waals surface area contributed by atoms with Gasteiger partial charge in [0.1, 0.15) is 0 Å². The smallest absolute Gasteiger partial charge is 0.305 e. The van der Waals surface area contributed by atoms with Crippen LogP contribution in [0.1, 0.15) is 90.4 Å². The van der Waals surface area contributed by atoms with E-state index in [1.54, 1.807) is 0 Å². The van der Waals surface area contributed by atoms with Gasteiger partial charge < -0.3 is 4.74 Å². The molecule has 0 fully saturated rings. The second-order valence-corrected chi connectivity index (χ2v) is 5.58. The molecule has 0 aliphatic heterocycles. The molecule has 0 amide bonds. The van der Waals surface area contributed by atoms with Crippen LogP contribution in [0.25, 0.3) is 0 Å². The van der Waals surface area contributed by atoms with Gasteiger partial charge in [0.2, 0.25) is 0 Å². The van der Waals surface area contributed by atoms with Crippen LogP contribution in [0.3, 0.4) is 0 Å². The normalized spacial score (nSPS) is 10.4. The lowest BCUT2D eigenvalue weighted by Gasteiger charge is -2.05. The van der Waals surface area contributed by atoms with Crippen molar-refractivity contribution in [2.75, 3.05) is 6.61 Å². The quantitative estimate of drug-likeness (QED) is 0.215. The van der Waals surface area contributed by atoms with Crippen molar-refractivity contribution in [3.63, 3.8) is 0 Å². The van der Waals surface area contributed by atoms with Crippen LogP contribution in [0, 0.1) is 0 Å². The maximum absolute atomic E-state index is 11.5. The number of hydrogen-bond donors (Lipinski definition) is 0. The maximum Gasteiger partial charge on any atom is 0.305 e. The molecule has 0 aromatic heterocycles. The van der Waals surface area contributed by atoms with Crippen LogP contribution in [0.15, 0.2) is 12.7 Å². The molecule has 2 nitrogen and oxygen atoms in total. The summed E-state index contributed by atoms with van der Waals surface area (Å²) in [4.78, 5) is 11.5. The molecule has 0 unspecified atom stereocenters. The molecule has 118 valence electrons. The minimum absolute atomic E-state index is 0.00696. The van der Waals surface area contributed by atoms with Crippen LogP contribution in [0.2, 0.25) is 0 Å². The Balaban J connectivity index is 3.13. The molecule has 0 radical (unpaired) electrons. The topological polar surface area (TPSA) is 26.3 Å². The Bertz CT molecular complexity index is 223. The molecule has 0 bridgehead atoms. The molecule has 0 spiro atoms. The Labute approximate surface area is 126 Å². The SMILES string of the molecule is C=CCCCCCCCCOC(=O)CCCCCCC. The summed E-state index contributed by atoms with van der Waals surface area (Å²) in [5, 5.41) is 0. The van der Waals surface area contributed by atoms with E-state index in [0.29, 0.717) is 13.0 Å². The van der Waals surface area contributed by atoms with Crippen molar-refractivity contribution in [1.82, 2.24) is 0 Å². The largest absolute Gasteiger partial charge is 0.466 e. The molecule has 0 heterocycles. The summed E-state index contributed by atoms with van der Waals surface area (Å²) >= 11 is 0. The number of allylic oxidation sites excluding steroid dienone is 1. The second kappa shape index (κ2) is 16.3. The summed E-state index contributed by atoms with van der Waals surface area (Å²) in [7, 11) is 0. The first-order valence-electron chi connectivity index (χ1n) is 8.57. The molecule has 0 saturated heterocycles. The highest BCUT2D eigenvalue weighted by molar-refractivity contribution is 5.69. The van der Waals surface area contributed by atoms with E-state index in [1.807, 2.05) is 6.08 Å². The Hall–Kier alpha value is -0.790. The summed E-state index contributed by atoms with van der Waals surface area (Å²) in [5.41, 5.74) is 0. The Morgan fingerprint density at radius 3 is 2.20 bits per heavy atom. The highest BCUT2D eigenvalue weighted by Crippen LogP contribution is 2.08. The number of esters is 1. The van der Waals surface area contributed by atoms with E-state index in [4.69, 9.17) is 4.74 Å². The van der Waals surface area contributed by atoms with E-state index in [9.17, 15) is 4.79 Å². The van der Waals surface area contributed by atoms with Crippen LogP contribution in [-0.2, 0) is 9.53 Å². The molecule has 20 heavy (non-hydrogen) atoms. The summed E-state index contributed by atoms with van der Waals surface area (Å²) in [5.74, 6) is -0.00696. The van der Waals surface area contributed by atoms with Crippen LogP contribution in [-0.4, -0.2) is 12.6 Å². The van der Waals surface area contributed by atoms with Crippen molar-refractivity contribution in [2.24, 2.45) is 0 Å². The second-order valence-electron chi connectivity index (χ2n) is 5.58. The van der Waals surface area contributed by atoms with E-state index < -0.39 is 0 Å². The Morgan fingerprint density at radius 1 is 0.900 bits per heavy atom.